The maximum absolute atomic E-state index is 4.52. The van der Waals surface area contributed by atoms with Crippen molar-refractivity contribution in [2.75, 3.05) is 0 Å². The number of unbranched alkanes of at least 4 members (excludes halogenated alkanes) is 1. The lowest BCUT2D eigenvalue weighted by Crippen LogP contribution is -2.01. The molecule has 0 saturated carbocycles. The van der Waals surface area contributed by atoms with E-state index in [-0.39, 0.29) is 0 Å². The molecule has 1 aromatic heterocycles. The van der Waals surface area contributed by atoms with Gasteiger partial charge in [-0.2, -0.15) is 0 Å². The summed E-state index contributed by atoms with van der Waals surface area (Å²) in [5, 5.41) is 0. The molecule has 0 bridgehead atoms. The molecular weight excluding hydrogens is 280 g/mol. The van der Waals surface area contributed by atoms with E-state index in [0.29, 0.717) is 0 Å². The van der Waals surface area contributed by atoms with Crippen LogP contribution in [0.3, 0.4) is 0 Å². The topological polar surface area (TPSA) is 17.8 Å². The van der Waals surface area contributed by atoms with Crippen molar-refractivity contribution in [2.45, 2.75) is 65.8 Å². The molecule has 1 heterocycles. The number of nitrogens with zero attached hydrogens (tertiary/aromatic N) is 2. The zero-order valence-corrected chi connectivity index (χ0v) is 15.0. The second-order valence-corrected chi connectivity index (χ2v) is 7.24. The van der Waals surface area contributed by atoms with Crippen LogP contribution in [-0.4, -0.2) is 9.55 Å². The molecule has 2 rings (SSSR count). The summed E-state index contributed by atoms with van der Waals surface area (Å²) < 4.78 is 2.29. The SMILES string of the molecule is CC(C)CCCC(C)CCCCn1ccnc1-c1ccccc1. The van der Waals surface area contributed by atoms with Gasteiger partial charge in [0.1, 0.15) is 5.82 Å². The predicted octanol–water partition coefficient (Wildman–Crippen LogP) is 6.18. The number of imidazole rings is 1. The Balaban J connectivity index is 1.70. The standard InChI is InChI=1S/C21H32N2/c1-18(2)10-9-12-19(3)11-7-8-16-23-17-15-22-21(23)20-13-5-4-6-14-20/h4-6,13-15,17-19H,7-12,16H2,1-3H3. The highest BCUT2D eigenvalue weighted by atomic mass is 15.1. The summed E-state index contributed by atoms with van der Waals surface area (Å²) in [5.41, 5.74) is 1.21. The predicted molar refractivity (Wildman–Crippen MR) is 99.4 cm³/mol. The van der Waals surface area contributed by atoms with Crippen molar-refractivity contribution in [3.05, 3.63) is 42.7 Å². The van der Waals surface area contributed by atoms with E-state index in [1.165, 1.54) is 44.1 Å². The van der Waals surface area contributed by atoms with E-state index in [9.17, 15) is 0 Å². The van der Waals surface area contributed by atoms with Crippen molar-refractivity contribution in [1.29, 1.82) is 0 Å². The van der Waals surface area contributed by atoms with Gasteiger partial charge in [0.25, 0.3) is 0 Å². The maximum Gasteiger partial charge on any atom is 0.139 e. The Kier molecular flexibility index (Phi) is 7.38. The number of aryl methyl sites for hydroxylation is 1. The largest absolute Gasteiger partial charge is 0.331 e. The first kappa shape index (κ1) is 17.8. The maximum atomic E-state index is 4.52. The lowest BCUT2D eigenvalue weighted by Gasteiger charge is -2.13. The third kappa shape index (κ3) is 6.21. The third-order valence-corrected chi connectivity index (χ3v) is 4.57. The summed E-state index contributed by atoms with van der Waals surface area (Å²) in [6.07, 6.45) is 12.1. The minimum atomic E-state index is 0.847. The van der Waals surface area contributed by atoms with E-state index in [0.717, 1.165) is 24.2 Å². The zero-order valence-electron chi connectivity index (χ0n) is 15.0. The van der Waals surface area contributed by atoms with Gasteiger partial charge in [-0.1, -0.05) is 83.2 Å². The van der Waals surface area contributed by atoms with Crippen LogP contribution >= 0.6 is 0 Å². The fourth-order valence-corrected chi connectivity index (χ4v) is 3.13. The van der Waals surface area contributed by atoms with Crippen LogP contribution in [0.4, 0.5) is 0 Å². The molecule has 1 aromatic carbocycles. The van der Waals surface area contributed by atoms with Crippen LogP contribution in [0.25, 0.3) is 11.4 Å². The molecule has 2 heteroatoms. The Bertz CT molecular complexity index is 542. The molecule has 1 unspecified atom stereocenters. The molecule has 0 aliphatic carbocycles. The Morgan fingerprint density at radius 3 is 2.39 bits per heavy atom. The van der Waals surface area contributed by atoms with E-state index in [4.69, 9.17) is 0 Å². The van der Waals surface area contributed by atoms with Gasteiger partial charge in [-0.3, -0.25) is 0 Å². The molecule has 0 fully saturated rings. The van der Waals surface area contributed by atoms with Gasteiger partial charge >= 0.3 is 0 Å². The molecule has 0 N–H and O–H groups in total. The van der Waals surface area contributed by atoms with Gasteiger partial charge in [0, 0.05) is 24.5 Å². The van der Waals surface area contributed by atoms with Gasteiger partial charge in [-0.05, 0) is 18.3 Å². The van der Waals surface area contributed by atoms with Crippen molar-refractivity contribution >= 4 is 0 Å². The Morgan fingerprint density at radius 1 is 0.913 bits per heavy atom. The third-order valence-electron chi connectivity index (χ3n) is 4.57. The van der Waals surface area contributed by atoms with Crippen LogP contribution in [0.1, 0.15) is 59.3 Å². The lowest BCUT2D eigenvalue weighted by atomic mass is 9.95. The smallest absolute Gasteiger partial charge is 0.139 e. The van der Waals surface area contributed by atoms with Crippen molar-refractivity contribution in [3.63, 3.8) is 0 Å². The Labute approximate surface area is 142 Å². The Morgan fingerprint density at radius 2 is 1.65 bits per heavy atom. The van der Waals surface area contributed by atoms with E-state index in [2.05, 4.69) is 66.9 Å². The summed E-state index contributed by atoms with van der Waals surface area (Å²) in [6, 6.07) is 10.5. The van der Waals surface area contributed by atoms with E-state index >= 15 is 0 Å². The van der Waals surface area contributed by atoms with Crippen LogP contribution in [0.5, 0.6) is 0 Å². The summed E-state index contributed by atoms with van der Waals surface area (Å²) in [5.74, 6) is 2.81. The summed E-state index contributed by atoms with van der Waals surface area (Å²) in [7, 11) is 0. The van der Waals surface area contributed by atoms with E-state index in [1.807, 2.05) is 6.20 Å². The first-order valence-electron chi connectivity index (χ1n) is 9.23. The molecule has 0 aliphatic heterocycles. The molecule has 0 radical (unpaired) electrons. The molecule has 0 spiro atoms. The van der Waals surface area contributed by atoms with Gasteiger partial charge in [0.2, 0.25) is 0 Å². The summed E-state index contributed by atoms with van der Waals surface area (Å²) in [4.78, 5) is 4.52. The molecular formula is C21H32N2. The zero-order chi connectivity index (χ0) is 16.5. The number of benzene rings is 1. The van der Waals surface area contributed by atoms with Crippen molar-refractivity contribution < 1.29 is 0 Å². The van der Waals surface area contributed by atoms with Crippen LogP contribution < -0.4 is 0 Å². The number of hydrogen-bond acceptors (Lipinski definition) is 1. The quantitative estimate of drug-likeness (QED) is 0.479. The fourth-order valence-electron chi connectivity index (χ4n) is 3.13. The lowest BCUT2D eigenvalue weighted by molar-refractivity contribution is 0.416. The van der Waals surface area contributed by atoms with Crippen LogP contribution in [-0.2, 0) is 6.54 Å². The second kappa shape index (κ2) is 9.54. The Hall–Kier alpha value is -1.57. The monoisotopic (exact) mass is 312 g/mol. The van der Waals surface area contributed by atoms with Gasteiger partial charge in [-0.25, -0.2) is 4.98 Å². The number of hydrogen-bond donors (Lipinski definition) is 0. The molecule has 126 valence electrons. The average Bonchev–Trinajstić information content (AvgIpc) is 3.00. The van der Waals surface area contributed by atoms with Crippen molar-refractivity contribution in [2.24, 2.45) is 11.8 Å². The van der Waals surface area contributed by atoms with Gasteiger partial charge in [0.05, 0.1) is 0 Å². The van der Waals surface area contributed by atoms with E-state index < -0.39 is 0 Å². The second-order valence-electron chi connectivity index (χ2n) is 7.24. The number of rotatable bonds is 10. The van der Waals surface area contributed by atoms with Crippen molar-refractivity contribution in [1.82, 2.24) is 9.55 Å². The molecule has 0 amide bonds. The summed E-state index contributed by atoms with van der Waals surface area (Å²) in [6.45, 7) is 8.12. The van der Waals surface area contributed by atoms with E-state index in [1.54, 1.807) is 0 Å². The molecule has 1 atom stereocenters. The average molecular weight is 313 g/mol. The molecule has 0 saturated heterocycles. The fraction of sp³-hybridized carbons (Fsp3) is 0.571. The molecule has 23 heavy (non-hydrogen) atoms. The normalized spacial score (nSPS) is 12.7. The molecule has 2 aromatic rings. The first-order chi connectivity index (χ1) is 11.2. The minimum absolute atomic E-state index is 0.847. The molecule has 2 nitrogen and oxygen atoms in total. The van der Waals surface area contributed by atoms with Crippen LogP contribution in [0, 0.1) is 11.8 Å². The summed E-state index contributed by atoms with van der Waals surface area (Å²) >= 11 is 0. The van der Waals surface area contributed by atoms with Gasteiger partial charge < -0.3 is 4.57 Å². The van der Waals surface area contributed by atoms with Crippen molar-refractivity contribution in [3.8, 4) is 11.4 Å². The van der Waals surface area contributed by atoms with Crippen LogP contribution in [0.15, 0.2) is 42.7 Å². The van der Waals surface area contributed by atoms with Crippen LogP contribution in [0.2, 0.25) is 0 Å². The highest BCUT2D eigenvalue weighted by Gasteiger charge is 2.06. The first-order valence-corrected chi connectivity index (χ1v) is 9.23. The van der Waals surface area contributed by atoms with Gasteiger partial charge in [-0.15, -0.1) is 0 Å². The van der Waals surface area contributed by atoms with Gasteiger partial charge in [0.15, 0.2) is 0 Å². The minimum Gasteiger partial charge on any atom is -0.331 e. The molecule has 0 aliphatic rings. The highest BCUT2D eigenvalue weighted by Crippen LogP contribution is 2.20. The highest BCUT2D eigenvalue weighted by molar-refractivity contribution is 5.54. The number of aromatic nitrogens is 2.